The normalized spacial score (nSPS) is 13.8. The molecule has 0 fully saturated rings. The molecule has 0 radical (unpaired) electrons. The number of aromatic amines is 2. The summed E-state index contributed by atoms with van der Waals surface area (Å²) in [5, 5.41) is 3.48. The fourth-order valence-corrected chi connectivity index (χ4v) is 4.68. The van der Waals surface area contributed by atoms with Crippen LogP contribution in [0.5, 0.6) is 0 Å². The lowest BCUT2D eigenvalue weighted by molar-refractivity contribution is -0.125. The summed E-state index contributed by atoms with van der Waals surface area (Å²) in [6.07, 6.45) is 3.72. The van der Waals surface area contributed by atoms with Crippen LogP contribution in [0.3, 0.4) is 0 Å². The van der Waals surface area contributed by atoms with Crippen molar-refractivity contribution in [3.05, 3.63) is 45.9 Å². The van der Waals surface area contributed by atoms with Crippen LogP contribution >= 0.6 is 11.8 Å². The summed E-state index contributed by atoms with van der Waals surface area (Å²) in [6, 6.07) is 7.64. The third-order valence-corrected chi connectivity index (χ3v) is 7.62. The van der Waals surface area contributed by atoms with Gasteiger partial charge in [0.25, 0.3) is 5.56 Å². The molecule has 172 valence electrons. The van der Waals surface area contributed by atoms with E-state index in [0.717, 1.165) is 48.0 Å². The first-order valence-electron chi connectivity index (χ1n) is 11.2. The number of fused-ring (bicyclic) bond motifs is 2. The minimum absolute atomic E-state index is 0.0532. The predicted octanol–water partition coefficient (Wildman–Crippen LogP) is 5.09. The Labute approximate surface area is 193 Å². The number of carbonyl (C=O) groups is 1. The summed E-state index contributed by atoms with van der Waals surface area (Å²) < 4.78 is -0.540. The second kappa shape index (κ2) is 9.48. The van der Waals surface area contributed by atoms with E-state index in [-0.39, 0.29) is 11.5 Å². The van der Waals surface area contributed by atoms with Crippen molar-refractivity contribution in [1.82, 2.24) is 19.9 Å². The summed E-state index contributed by atoms with van der Waals surface area (Å²) in [5.41, 5.74) is 2.55. The monoisotopic (exact) mass is 455 g/mol. The molecule has 0 aliphatic heterocycles. The van der Waals surface area contributed by atoms with E-state index in [9.17, 15) is 9.59 Å². The van der Waals surface area contributed by atoms with E-state index in [2.05, 4.69) is 20.3 Å². The van der Waals surface area contributed by atoms with Gasteiger partial charge in [-0.3, -0.25) is 14.9 Å². The molecular formula is C24H33N5O2S. The van der Waals surface area contributed by atoms with Gasteiger partial charge in [-0.2, -0.15) is 0 Å². The molecule has 2 aromatic heterocycles. The van der Waals surface area contributed by atoms with Crippen molar-refractivity contribution in [2.24, 2.45) is 5.41 Å². The fourth-order valence-electron chi connectivity index (χ4n) is 3.55. The molecule has 1 aliphatic rings. The van der Waals surface area contributed by atoms with E-state index in [1.807, 2.05) is 65.8 Å². The Balaban J connectivity index is 0.00000141. The highest BCUT2D eigenvalue weighted by Crippen LogP contribution is 2.45. The zero-order chi connectivity index (χ0) is 23.5. The Hall–Kier alpha value is -2.61. The number of nitrogens with one attached hydrogen (secondary N) is 3. The third kappa shape index (κ3) is 4.75. The Bertz CT molecular complexity index is 1130. The van der Waals surface area contributed by atoms with Gasteiger partial charge in [0.2, 0.25) is 11.9 Å². The van der Waals surface area contributed by atoms with Crippen molar-refractivity contribution < 1.29 is 4.79 Å². The lowest BCUT2D eigenvalue weighted by Crippen LogP contribution is -2.46. The van der Waals surface area contributed by atoms with E-state index in [1.165, 1.54) is 11.8 Å². The molecule has 7 nitrogen and oxygen atoms in total. The maximum absolute atomic E-state index is 13.2. The minimum Gasteiger partial charge on any atom is -0.324 e. The first-order valence-corrected chi connectivity index (χ1v) is 12.1. The number of aromatic nitrogens is 4. The summed E-state index contributed by atoms with van der Waals surface area (Å²) in [6.45, 7) is 11.8. The van der Waals surface area contributed by atoms with Crippen LogP contribution in [0.2, 0.25) is 0 Å². The van der Waals surface area contributed by atoms with E-state index in [1.54, 1.807) is 0 Å². The second-order valence-electron chi connectivity index (χ2n) is 8.80. The van der Waals surface area contributed by atoms with Gasteiger partial charge in [-0.05, 0) is 65.5 Å². The van der Waals surface area contributed by atoms with E-state index in [4.69, 9.17) is 4.98 Å². The molecule has 1 aromatic carbocycles. The Kier molecular flexibility index (Phi) is 7.12. The number of rotatable bonds is 5. The van der Waals surface area contributed by atoms with Gasteiger partial charge in [-0.1, -0.05) is 37.7 Å². The zero-order valence-electron chi connectivity index (χ0n) is 19.8. The molecule has 2 heterocycles. The smallest absolute Gasteiger partial charge is 0.254 e. The van der Waals surface area contributed by atoms with Crippen LogP contribution in [0, 0.1) is 5.41 Å². The molecule has 3 N–H and O–H groups in total. The number of nitrogens with zero attached hydrogens (tertiary/aromatic N) is 2. The summed E-state index contributed by atoms with van der Waals surface area (Å²) in [4.78, 5) is 40.8. The second-order valence-corrected chi connectivity index (χ2v) is 10.4. The first kappa shape index (κ1) is 24.0. The summed E-state index contributed by atoms with van der Waals surface area (Å²) in [5.74, 6) is 0.273. The maximum Gasteiger partial charge on any atom is 0.254 e. The van der Waals surface area contributed by atoms with Gasteiger partial charge in [0.1, 0.15) is 0 Å². The highest BCUT2D eigenvalue weighted by Gasteiger charge is 2.45. The average Bonchev–Trinajstić information content (AvgIpc) is 3.17. The fraction of sp³-hybridized carbons (Fsp3) is 0.500. The standard InChI is InChI=1S/C22H27N5O2S.C2H6/c1-21(2,18(29)27-19-23-15-11-7-8-12-16(15)24-19)22(3,4)30-20-25-14-10-6-5-9-13(14)17(28)26-20;1-2/h7-8,11-12H,5-6,9-10H2,1-4H3,(H,25,26,28)(H2,23,24,27,29);1-2H3. The highest BCUT2D eigenvalue weighted by atomic mass is 32.2. The van der Waals surface area contributed by atoms with Gasteiger partial charge in [0.15, 0.2) is 5.16 Å². The molecule has 0 atom stereocenters. The topological polar surface area (TPSA) is 104 Å². The third-order valence-electron chi connectivity index (χ3n) is 6.22. The minimum atomic E-state index is -0.773. The van der Waals surface area contributed by atoms with Crippen molar-refractivity contribution in [3.63, 3.8) is 0 Å². The molecule has 0 bridgehead atoms. The van der Waals surface area contributed by atoms with Crippen LogP contribution < -0.4 is 10.9 Å². The molecule has 0 spiro atoms. The summed E-state index contributed by atoms with van der Waals surface area (Å²) >= 11 is 1.43. The van der Waals surface area contributed by atoms with Gasteiger partial charge in [0, 0.05) is 10.3 Å². The molecular weight excluding hydrogens is 422 g/mol. The zero-order valence-corrected chi connectivity index (χ0v) is 20.6. The van der Waals surface area contributed by atoms with Gasteiger partial charge in [-0.15, -0.1) is 0 Å². The van der Waals surface area contributed by atoms with Crippen molar-refractivity contribution >= 4 is 34.7 Å². The summed E-state index contributed by atoms with van der Waals surface area (Å²) in [7, 11) is 0. The van der Waals surface area contributed by atoms with Crippen LogP contribution in [-0.2, 0) is 17.6 Å². The molecule has 1 aliphatic carbocycles. The first-order chi connectivity index (χ1) is 15.2. The number of hydrogen-bond donors (Lipinski definition) is 3. The maximum atomic E-state index is 13.2. The largest absolute Gasteiger partial charge is 0.324 e. The predicted molar refractivity (Wildman–Crippen MR) is 131 cm³/mol. The highest BCUT2D eigenvalue weighted by molar-refractivity contribution is 8.00. The quantitative estimate of drug-likeness (QED) is 0.367. The molecule has 8 heteroatoms. The van der Waals surface area contributed by atoms with Crippen LogP contribution in [0.15, 0.2) is 34.2 Å². The molecule has 0 saturated carbocycles. The van der Waals surface area contributed by atoms with Gasteiger partial charge >= 0.3 is 0 Å². The van der Waals surface area contributed by atoms with Crippen molar-refractivity contribution in [2.45, 2.75) is 77.1 Å². The van der Waals surface area contributed by atoms with Crippen LogP contribution in [0.25, 0.3) is 11.0 Å². The molecule has 3 aromatic rings. The molecule has 1 amide bonds. The number of carbonyl (C=O) groups excluding carboxylic acids is 1. The van der Waals surface area contributed by atoms with E-state index >= 15 is 0 Å². The van der Waals surface area contributed by atoms with Crippen LogP contribution in [0.1, 0.15) is 65.6 Å². The number of benzene rings is 1. The van der Waals surface area contributed by atoms with Gasteiger partial charge < -0.3 is 9.97 Å². The number of aryl methyl sites for hydroxylation is 1. The Morgan fingerprint density at radius 2 is 1.72 bits per heavy atom. The van der Waals surface area contributed by atoms with Crippen molar-refractivity contribution in [3.8, 4) is 0 Å². The Morgan fingerprint density at radius 1 is 1.03 bits per heavy atom. The van der Waals surface area contributed by atoms with Crippen LogP contribution in [-0.4, -0.2) is 30.6 Å². The molecule has 32 heavy (non-hydrogen) atoms. The Morgan fingerprint density at radius 3 is 2.44 bits per heavy atom. The number of para-hydroxylation sites is 2. The lowest BCUT2D eigenvalue weighted by atomic mass is 9.79. The molecule has 4 rings (SSSR count). The number of thioether (sulfide) groups is 1. The number of H-pyrrole nitrogens is 2. The SMILES string of the molecule is CC.CC(C)(Sc1nc2c(c(=O)[nH]1)CCCC2)C(C)(C)C(=O)Nc1nc2ccccc2[nH]1. The van der Waals surface area contributed by atoms with Crippen molar-refractivity contribution in [1.29, 1.82) is 0 Å². The van der Waals surface area contributed by atoms with Crippen LogP contribution in [0.4, 0.5) is 5.95 Å². The van der Waals surface area contributed by atoms with E-state index in [0.29, 0.717) is 11.1 Å². The number of amides is 1. The number of imidazole rings is 1. The van der Waals surface area contributed by atoms with Gasteiger partial charge in [0.05, 0.1) is 22.1 Å². The van der Waals surface area contributed by atoms with E-state index < -0.39 is 10.2 Å². The number of hydrogen-bond acceptors (Lipinski definition) is 5. The molecule has 0 unspecified atom stereocenters. The van der Waals surface area contributed by atoms with Gasteiger partial charge in [-0.25, -0.2) is 9.97 Å². The average molecular weight is 456 g/mol. The van der Waals surface area contributed by atoms with Crippen molar-refractivity contribution in [2.75, 3.05) is 5.32 Å². The molecule has 0 saturated heterocycles. The number of anilines is 1. The lowest BCUT2D eigenvalue weighted by Gasteiger charge is -2.39.